The Morgan fingerprint density at radius 1 is 1.00 bits per heavy atom. The molecular weight excluding hydrogens is 465 g/mol. The van der Waals surface area contributed by atoms with Gasteiger partial charge in [0.05, 0.1) is 25.1 Å². The molecule has 0 aliphatic rings. The van der Waals surface area contributed by atoms with Gasteiger partial charge in [-0.2, -0.15) is 18.3 Å². The second-order valence-corrected chi connectivity index (χ2v) is 7.66. The summed E-state index contributed by atoms with van der Waals surface area (Å²) >= 11 is 0. The molecule has 3 aromatic rings. The van der Waals surface area contributed by atoms with Gasteiger partial charge in [0.1, 0.15) is 0 Å². The van der Waals surface area contributed by atoms with E-state index in [-0.39, 0.29) is 6.42 Å². The van der Waals surface area contributed by atoms with Gasteiger partial charge in [0.2, 0.25) is 5.91 Å². The molecule has 0 radical (unpaired) electrons. The number of carbonyl (C=O) groups excluding carboxylic acids is 3. The molecule has 184 valence electrons. The van der Waals surface area contributed by atoms with E-state index in [0.29, 0.717) is 11.1 Å². The summed E-state index contributed by atoms with van der Waals surface area (Å²) < 4.78 is 45.8. The third kappa shape index (κ3) is 6.46. The number of esters is 1. The number of ether oxygens (including phenoxy) is 1. The maximum atomic E-state index is 13.4. The summed E-state index contributed by atoms with van der Waals surface area (Å²) in [7, 11) is 2.31. The van der Waals surface area contributed by atoms with Crippen LogP contribution in [0.15, 0.2) is 66.9 Å². The lowest BCUT2D eigenvalue weighted by Crippen LogP contribution is -2.51. The molecular formula is C24H23F3N4O4. The van der Waals surface area contributed by atoms with Gasteiger partial charge in [-0.15, -0.1) is 0 Å². The molecule has 2 aromatic carbocycles. The van der Waals surface area contributed by atoms with E-state index < -0.39 is 47.3 Å². The third-order valence-corrected chi connectivity index (χ3v) is 5.10. The largest absolute Gasteiger partial charge is 0.467 e. The van der Waals surface area contributed by atoms with Crippen molar-refractivity contribution >= 4 is 17.8 Å². The lowest BCUT2D eigenvalue weighted by atomic mass is 9.98. The average Bonchev–Trinajstić information content (AvgIpc) is 3.24. The number of rotatable bonds is 8. The molecule has 35 heavy (non-hydrogen) atoms. The highest BCUT2D eigenvalue weighted by Gasteiger charge is 2.41. The fraction of sp³-hybridized carbons (Fsp3) is 0.250. The lowest BCUT2D eigenvalue weighted by molar-refractivity contribution is -0.144. The van der Waals surface area contributed by atoms with E-state index in [0.717, 1.165) is 18.0 Å². The van der Waals surface area contributed by atoms with E-state index >= 15 is 0 Å². The highest BCUT2D eigenvalue weighted by Crippen LogP contribution is 2.31. The number of alkyl halides is 3. The SMILES string of the molecule is COC(=O)C(NC(=O)c1cn(C)nc1C(F)(F)F)C(NC(=O)Cc1ccccc1)c1ccccc1. The van der Waals surface area contributed by atoms with Gasteiger partial charge in [0.15, 0.2) is 11.7 Å². The van der Waals surface area contributed by atoms with Gasteiger partial charge < -0.3 is 15.4 Å². The van der Waals surface area contributed by atoms with E-state index in [1.54, 1.807) is 60.7 Å². The van der Waals surface area contributed by atoms with E-state index in [1.807, 2.05) is 0 Å². The molecule has 0 saturated carbocycles. The number of nitrogens with one attached hydrogen (secondary N) is 2. The number of aryl methyl sites for hydroxylation is 1. The number of hydrogen-bond acceptors (Lipinski definition) is 5. The van der Waals surface area contributed by atoms with Gasteiger partial charge in [-0.25, -0.2) is 4.79 Å². The second-order valence-electron chi connectivity index (χ2n) is 7.66. The fourth-order valence-corrected chi connectivity index (χ4v) is 3.51. The number of aromatic nitrogens is 2. The number of methoxy groups -OCH3 is 1. The van der Waals surface area contributed by atoms with Crippen molar-refractivity contribution in [3.63, 3.8) is 0 Å². The number of benzene rings is 2. The summed E-state index contributed by atoms with van der Waals surface area (Å²) in [6, 6.07) is 14.4. The van der Waals surface area contributed by atoms with Gasteiger partial charge in [-0.05, 0) is 11.1 Å². The number of amides is 2. The van der Waals surface area contributed by atoms with Crippen LogP contribution in [0.25, 0.3) is 0 Å². The standard InChI is InChI=1S/C24H23F3N4O4/c1-31-14-17(21(30-31)24(25,26)27)22(33)29-20(23(34)35-2)19(16-11-7-4-8-12-16)28-18(32)13-15-9-5-3-6-10-15/h3-12,14,19-20H,13H2,1-2H3,(H,28,32)(H,29,33). The molecule has 2 amide bonds. The molecule has 0 aliphatic carbocycles. The molecule has 8 nitrogen and oxygen atoms in total. The monoisotopic (exact) mass is 488 g/mol. The summed E-state index contributed by atoms with van der Waals surface area (Å²) in [5.74, 6) is -2.62. The van der Waals surface area contributed by atoms with Crippen LogP contribution in [0.1, 0.15) is 33.2 Å². The Bertz CT molecular complexity index is 1180. The maximum Gasteiger partial charge on any atom is 0.435 e. The smallest absolute Gasteiger partial charge is 0.435 e. The summed E-state index contributed by atoms with van der Waals surface area (Å²) in [6.07, 6.45) is -4.01. The molecule has 0 aliphatic heterocycles. The van der Waals surface area contributed by atoms with Crippen molar-refractivity contribution in [1.29, 1.82) is 0 Å². The van der Waals surface area contributed by atoms with Crippen molar-refractivity contribution < 1.29 is 32.3 Å². The van der Waals surface area contributed by atoms with Gasteiger partial charge in [0, 0.05) is 13.2 Å². The van der Waals surface area contributed by atoms with Crippen molar-refractivity contribution in [2.24, 2.45) is 7.05 Å². The van der Waals surface area contributed by atoms with Crippen LogP contribution in [0.2, 0.25) is 0 Å². The fourth-order valence-electron chi connectivity index (χ4n) is 3.51. The predicted octanol–water partition coefficient (Wildman–Crippen LogP) is 2.81. The van der Waals surface area contributed by atoms with Crippen LogP contribution in [0.3, 0.4) is 0 Å². The minimum absolute atomic E-state index is 0.0210. The van der Waals surface area contributed by atoms with Gasteiger partial charge in [0.25, 0.3) is 5.91 Å². The normalized spacial score (nSPS) is 12.9. The Balaban J connectivity index is 1.94. The van der Waals surface area contributed by atoms with Crippen molar-refractivity contribution in [2.45, 2.75) is 24.7 Å². The van der Waals surface area contributed by atoms with Crippen LogP contribution in [-0.4, -0.2) is 40.7 Å². The van der Waals surface area contributed by atoms with Crippen LogP contribution < -0.4 is 10.6 Å². The zero-order valence-corrected chi connectivity index (χ0v) is 18.9. The lowest BCUT2D eigenvalue weighted by Gasteiger charge is -2.27. The van der Waals surface area contributed by atoms with Crippen LogP contribution in [0.5, 0.6) is 0 Å². The average molecular weight is 488 g/mol. The van der Waals surface area contributed by atoms with Crippen LogP contribution in [0, 0.1) is 0 Å². The molecule has 2 unspecified atom stereocenters. The summed E-state index contributed by atoms with van der Waals surface area (Å²) in [5.41, 5.74) is -1.02. The number of carbonyl (C=O) groups is 3. The van der Waals surface area contributed by atoms with Gasteiger partial charge in [-0.3, -0.25) is 14.3 Å². The molecule has 2 N–H and O–H groups in total. The van der Waals surface area contributed by atoms with Crippen molar-refractivity contribution in [3.8, 4) is 0 Å². The minimum atomic E-state index is -4.89. The molecule has 1 heterocycles. The van der Waals surface area contributed by atoms with Crippen LogP contribution in [-0.2, 0) is 34.0 Å². The first-order valence-electron chi connectivity index (χ1n) is 10.5. The van der Waals surface area contributed by atoms with Crippen molar-refractivity contribution in [2.75, 3.05) is 7.11 Å². The maximum absolute atomic E-state index is 13.4. The Morgan fingerprint density at radius 3 is 2.17 bits per heavy atom. The van der Waals surface area contributed by atoms with E-state index in [4.69, 9.17) is 4.74 Å². The first kappa shape index (κ1) is 25.5. The highest BCUT2D eigenvalue weighted by atomic mass is 19.4. The second kappa shape index (κ2) is 10.9. The topological polar surface area (TPSA) is 102 Å². The number of hydrogen-bond donors (Lipinski definition) is 2. The summed E-state index contributed by atoms with van der Waals surface area (Å²) in [4.78, 5) is 38.4. The Hall–Kier alpha value is -4.15. The van der Waals surface area contributed by atoms with Crippen LogP contribution >= 0.6 is 0 Å². The summed E-state index contributed by atoms with van der Waals surface area (Å²) in [6.45, 7) is 0. The molecule has 0 bridgehead atoms. The highest BCUT2D eigenvalue weighted by molar-refractivity contribution is 5.98. The number of nitrogens with zero attached hydrogens (tertiary/aromatic N) is 2. The number of halogens is 3. The molecule has 0 saturated heterocycles. The van der Waals surface area contributed by atoms with Crippen molar-refractivity contribution in [1.82, 2.24) is 20.4 Å². The molecule has 2 atom stereocenters. The van der Waals surface area contributed by atoms with E-state index in [9.17, 15) is 27.6 Å². The molecule has 11 heteroatoms. The zero-order valence-electron chi connectivity index (χ0n) is 18.9. The summed E-state index contributed by atoms with van der Waals surface area (Å²) in [5, 5.41) is 8.32. The van der Waals surface area contributed by atoms with Crippen molar-refractivity contribution in [3.05, 3.63) is 89.2 Å². The molecule has 0 spiro atoms. The molecule has 1 aromatic heterocycles. The zero-order chi connectivity index (χ0) is 25.6. The quantitative estimate of drug-likeness (QED) is 0.475. The van der Waals surface area contributed by atoms with Gasteiger partial charge in [-0.1, -0.05) is 60.7 Å². The minimum Gasteiger partial charge on any atom is -0.467 e. The Labute approximate surface area is 199 Å². The first-order valence-corrected chi connectivity index (χ1v) is 10.5. The Kier molecular flexibility index (Phi) is 7.90. The van der Waals surface area contributed by atoms with Crippen LogP contribution in [0.4, 0.5) is 13.2 Å². The molecule has 0 fully saturated rings. The van der Waals surface area contributed by atoms with E-state index in [2.05, 4.69) is 15.7 Å². The third-order valence-electron chi connectivity index (χ3n) is 5.10. The van der Waals surface area contributed by atoms with E-state index in [1.165, 1.54) is 7.05 Å². The van der Waals surface area contributed by atoms with Gasteiger partial charge >= 0.3 is 12.1 Å². The Morgan fingerprint density at radius 2 is 1.60 bits per heavy atom. The predicted molar refractivity (Wildman–Crippen MR) is 119 cm³/mol. The molecule has 3 rings (SSSR count). The first-order chi connectivity index (χ1) is 16.6.